The molecule has 0 aromatic heterocycles. The molecule has 2 aliphatic rings. The van der Waals surface area contributed by atoms with Crippen molar-refractivity contribution in [2.75, 3.05) is 13.1 Å². The van der Waals surface area contributed by atoms with Crippen molar-refractivity contribution >= 4 is 24.0 Å². The zero-order valence-electron chi connectivity index (χ0n) is 9.92. The number of benzene rings is 1. The molecule has 0 spiro atoms. The van der Waals surface area contributed by atoms with Gasteiger partial charge in [-0.3, -0.25) is 0 Å². The van der Waals surface area contributed by atoms with E-state index < -0.39 is 0 Å². The Balaban J connectivity index is 0.00000108. The molecule has 1 aliphatic heterocycles. The maximum Gasteiger partial charge on any atom is 0.0443 e. The van der Waals surface area contributed by atoms with Crippen molar-refractivity contribution in [2.24, 2.45) is 5.92 Å². The average molecular weight is 272 g/mol. The molecule has 0 unspecified atom stereocenters. The van der Waals surface area contributed by atoms with Crippen LogP contribution >= 0.6 is 24.0 Å². The number of hydrogen-bond donors (Lipinski definition) is 1. The van der Waals surface area contributed by atoms with Crippen molar-refractivity contribution in [3.63, 3.8) is 0 Å². The zero-order chi connectivity index (χ0) is 11.0. The van der Waals surface area contributed by atoms with Gasteiger partial charge in [-0.1, -0.05) is 29.8 Å². The fraction of sp³-hybridized carbons (Fsp3) is 0.571. The van der Waals surface area contributed by atoms with Crippen LogP contribution in [-0.2, 0) is 5.41 Å². The minimum absolute atomic E-state index is 0. The Hall–Kier alpha value is -0.240. The Morgan fingerprint density at radius 2 is 1.76 bits per heavy atom. The lowest BCUT2D eigenvalue weighted by Crippen LogP contribution is -2.34. The van der Waals surface area contributed by atoms with Gasteiger partial charge in [0, 0.05) is 5.02 Å². The summed E-state index contributed by atoms with van der Waals surface area (Å²) < 4.78 is 0. The zero-order valence-corrected chi connectivity index (χ0v) is 11.5. The molecule has 1 aromatic carbocycles. The Morgan fingerprint density at radius 3 is 2.35 bits per heavy atom. The van der Waals surface area contributed by atoms with E-state index >= 15 is 0 Å². The Bertz CT molecular complexity index is 382. The van der Waals surface area contributed by atoms with Gasteiger partial charge in [0.25, 0.3) is 0 Å². The van der Waals surface area contributed by atoms with Crippen molar-refractivity contribution < 1.29 is 0 Å². The van der Waals surface area contributed by atoms with E-state index in [-0.39, 0.29) is 12.4 Å². The molecular formula is C14H19Cl2N. The van der Waals surface area contributed by atoms with E-state index in [2.05, 4.69) is 17.4 Å². The van der Waals surface area contributed by atoms with Crippen LogP contribution in [0.25, 0.3) is 0 Å². The van der Waals surface area contributed by atoms with Gasteiger partial charge in [0.05, 0.1) is 0 Å². The van der Waals surface area contributed by atoms with Crippen LogP contribution in [0, 0.1) is 5.92 Å². The van der Waals surface area contributed by atoms with Crippen LogP contribution in [0.4, 0.5) is 0 Å². The highest BCUT2D eigenvalue weighted by molar-refractivity contribution is 6.31. The molecule has 1 aliphatic carbocycles. The molecule has 1 saturated heterocycles. The van der Waals surface area contributed by atoms with Gasteiger partial charge in [0.15, 0.2) is 0 Å². The molecule has 1 nitrogen and oxygen atoms in total. The molecule has 1 N–H and O–H groups in total. The monoisotopic (exact) mass is 271 g/mol. The number of hydrogen-bond acceptors (Lipinski definition) is 1. The van der Waals surface area contributed by atoms with Crippen LogP contribution in [0.15, 0.2) is 24.3 Å². The van der Waals surface area contributed by atoms with Gasteiger partial charge in [-0.25, -0.2) is 0 Å². The molecule has 3 heteroatoms. The van der Waals surface area contributed by atoms with Crippen molar-refractivity contribution in [2.45, 2.75) is 31.1 Å². The Kier molecular flexibility index (Phi) is 4.02. The van der Waals surface area contributed by atoms with E-state index in [0.717, 1.165) is 10.9 Å². The van der Waals surface area contributed by atoms with E-state index in [0.29, 0.717) is 5.41 Å². The van der Waals surface area contributed by atoms with Gasteiger partial charge >= 0.3 is 0 Å². The number of piperidine rings is 1. The second kappa shape index (κ2) is 5.17. The highest BCUT2D eigenvalue weighted by atomic mass is 35.5. The first kappa shape index (κ1) is 13.2. The quantitative estimate of drug-likeness (QED) is 0.863. The molecule has 1 aromatic rings. The molecule has 94 valence electrons. The van der Waals surface area contributed by atoms with Crippen molar-refractivity contribution in [3.05, 3.63) is 34.9 Å². The van der Waals surface area contributed by atoms with Gasteiger partial charge < -0.3 is 5.32 Å². The summed E-state index contributed by atoms with van der Waals surface area (Å²) in [5.74, 6) is 0.841. The standard InChI is InChI=1S/C14H18ClN.ClH/c15-13-4-2-1-3-12(13)14(7-8-14)11-5-9-16-10-6-11;/h1-4,11,16H,5-10H2;1H. The largest absolute Gasteiger partial charge is 0.317 e. The summed E-state index contributed by atoms with van der Waals surface area (Å²) in [4.78, 5) is 0. The van der Waals surface area contributed by atoms with Crippen LogP contribution in [-0.4, -0.2) is 13.1 Å². The molecule has 1 heterocycles. The highest BCUT2D eigenvalue weighted by Crippen LogP contribution is 2.57. The van der Waals surface area contributed by atoms with Crippen LogP contribution in [0.3, 0.4) is 0 Å². The van der Waals surface area contributed by atoms with Gasteiger partial charge in [0.2, 0.25) is 0 Å². The second-order valence-electron chi connectivity index (χ2n) is 5.16. The first-order valence-electron chi connectivity index (χ1n) is 6.29. The second-order valence-corrected chi connectivity index (χ2v) is 5.57. The van der Waals surface area contributed by atoms with Gasteiger partial charge in [0.1, 0.15) is 0 Å². The van der Waals surface area contributed by atoms with Crippen LogP contribution in [0.1, 0.15) is 31.2 Å². The van der Waals surface area contributed by atoms with Crippen LogP contribution in [0.5, 0.6) is 0 Å². The summed E-state index contributed by atoms with van der Waals surface area (Å²) in [5, 5.41) is 4.42. The normalized spacial score (nSPS) is 22.9. The third-order valence-corrected chi connectivity index (χ3v) is 4.65. The third kappa shape index (κ3) is 2.33. The van der Waals surface area contributed by atoms with E-state index in [9.17, 15) is 0 Å². The summed E-state index contributed by atoms with van der Waals surface area (Å²) in [5.41, 5.74) is 1.84. The third-order valence-electron chi connectivity index (χ3n) is 4.32. The van der Waals surface area contributed by atoms with Gasteiger partial charge in [-0.2, -0.15) is 0 Å². The molecule has 0 radical (unpaired) electrons. The maximum absolute atomic E-state index is 6.35. The summed E-state index contributed by atoms with van der Waals surface area (Å²) in [6.45, 7) is 2.35. The highest BCUT2D eigenvalue weighted by Gasteiger charge is 2.51. The summed E-state index contributed by atoms with van der Waals surface area (Å²) in [7, 11) is 0. The van der Waals surface area contributed by atoms with E-state index in [1.165, 1.54) is 44.3 Å². The number of nitrogens with one attached hydrogen (secondary N) is 1. The molecule has 0 bridgehead atoms. The van der Waals surface area contributed by atoms with E-state index in [1.54, 1.807) is 0 Å². The van der Waals surface area contributed by atoms with E-state index in [4.69, 9.17) is 11.6 Å². The molecular weight excluding hydrogens is 253 g/mol. The molecule has 17 heavy (non-hydrogen) atoms. The lowest BCUT2D eigenvalue weighted by atomic mass is 9.77. The first-order chi connectivity index (χ1) is 7.83. The Labute approximate surface area is 114 Å². The summed E-state index contributed by atoms with van der Waals surface area (Å²) >= 11 is 6.35. The average Bonchev–Trinajstić information content (AvgIpc) is 3.12. The van der Waals surface area contributed by atoms with Gasteiger partial charge in [-0.05, 0) is 61.7 Å². The van der Waals surface area contributed by atoms with Gasteiger partial charge in [-0.15, -0.1) is 12.4 Å². The maximum atomic E-state index is 6.35. The van der Waals surface area contributed by atoms with E-state index in [1.807, 2.05) is 12.1 Å². The molecule has 2 fully saturated rings. The number of rotatable bonds is 2. The first-order valence-corrected chi connectivity index (χ1v) is 6.66. The summed E-state index contributed by atoms with van der Waals surface area (Å²) in [6, 6.07) is 8.43. The minimum Gasteiger partial charge on any atom is -0.317 e. The fourth-order valence-electron chi connectivity index (χ4n) is 3.27. The lowest BCUT2D eigenvalue weighted by molar-refractivity contribution is 0.303. The SMILES string of the molecule is Cl.Clc1ccccc1C1(C2CCNCC2)CC1. The fourth-order valence-corrected chi connectivity index (χ4v) is 3.60. The molecule has 0 amide bonds. The van der Waals surface area contributed by atoms with Crippen molar-refractivity contribution in [1.82, 2.24) is 5.32 Å². The predicted molar refractivity (Wildman–Crippen MR) is 75.2 cm³/mol. The van der Waals surface area contributed by atoms with Crippen LogP contribution in [0.2, 0.25) is 5.02 Å². The van der Waals surface area contributed by atoms with Crippen molar-refractivity contribution in [1.29, 1.82) is 0 Å². The lowest BCUT2D eigenvalue weighted by Gasteiger charge is -2.31. The molecule has 1 saturated carbocycles. The minimum atomic E-state index is 0. The Morgan fingerprint density at radius 1 is 1.12 bits per heavy atom. The topological polar surface area (TPSA) is 12.0 Å². The molecule has 3 rings (SSSR count). The van der Waals surface area contributed by atoms with Crippen LogP contribution < -0.4 is 5.32 Å². The summed E-state index contributed by atoms with van der Waals surface area (Å²) in [6.07, 6.45) is 5.29. The predicted octanol–water partition coefficient (Wildman–Crippen LogP) is 3.79. The molecule has 0 atom stereocenters. The smallest absolute Gasteiger partial charge is 0.0443 e. The number of halogens is 2. The van der Waals surface area contributed by atoms with Crippen molar-refractivity contribution in [3.8, 4) is 0 Å².